The van der Waals surface area contributed by atoms with E-state index in [1.54, 1.807) is 13.8 Å². The minimum atomic E-state index is -4.56. The molecule has 148 valence electrons. The van der Waals surface area contributed by atoms with E-state index in [0.29, 0.717) is 10.6 Å². The van der Waals surface area contributed by atoms with Gasteiger partial charge in [-0.1, -0.05) is 11.6 Å². The summed E-state index contributed by atoms with van der Waals surface area (Å²) >= 11 is 7.11. The average molecular weight is 431 g/mol. The second kappa shape index (κ2) is 7.10. The Balaban J connectivity index is 1.85. The molecule has 0 fully saturated rings. The first-order chi connectivity index (χ1) is 13.0. The zero-order valence-corrected chi connectivity index (χ0v) is 16.2. The third kappa shape index (κ3) is 3.83. The van der Waals surface area contributed by atoms with Crippen molar-refractivity contribution in [1.29, 1.82) is 0 Å². The van der Waals surface area contributed by atoms with Crippen molar-refractivity contribution in [1.82, 2.24) is 9.38 Å². The number of hydrogen-bond acceptors (Lipinski definition) is 4. The number of aromatic nitrogens is 2. The number of amides is 2. The van der Waals surface area contributed by atoms with Crippen molar-refractivity contribution in [3.63, 3.8) is 0 Å². The van der Waals surface area contributed by atoms with E-state index in [4.69, 9.17) is 17.3 Å². The number of halogens is 4. The fraction of sp³-hybridized carbons (Fsp3) is 0.235. The lowest BCUT2D eigenvalue weighted by atomic mass is 10.1. The first-order valence-corrected chi connectivity index (χ1v) is 9.10. The van der Waals surface area contributed by atoms with Crippen molar-refractivity contribution in [2.24, 2.45) is 5.73 Å². The third-order valence-electron chi connectivity index (χ3n) is 4.11. The Morgan fingerprint density at radius 3 is 2.61 bits per heavy atom. The first-order valence-electron chi connectivity index (χ1n) is 7.91. The molecule has 0 aromatic carbocycles. The number of nitrogens with zero attached hydrogens (tertiary/aromatic N) is 2. The van der Waals surface area contributed by atoms with Crippen LogP contribution in [0.4, 0.5) is 18.2 Å². The van der Waals surface area contributed by atoms with Crippen LogP contribution < -0.4 is 11.1 Å². The van der Waals surface area contributed by atoms with Crippen molar-refractivity contribution in [2.75, 3.05) is 5.32 Å². The number of carbonyl (C=O) groups excluding carboxylic acids is 2. The summed E-state index contributed by atoms with van der Waals surface area (Å²) in [6, 6.07) is 0.782. The summed E-state index contributed by atoms with van der Waals surface area (Å²) in [4.78, 5) is 28.9. The lowest BCUT2D eigenvalue weighted by Crippen LogP contribution is -2.18. The minimum absolute atomic E-state index is 0.109. The van der Waals surface area contributed by atoms with Gasteiger partial charge in [-0.15, -0.1) is 11.3 Å². The van der Waals surface area contributed by atoms with Crippen LogP contribution in [0.15, 0.2) is 18.5 Å². The molecule has 3 aromatic heterocycles. The minimum Gasteiger partial charge on any atom is -0.365 e. The van der Waals surface area contributed by atoms with Crippen molar-refractivity contribution in [2.45, 2.75) is 26.4 Å². The summed E-state index contributed by atoms with van der Waals surface area (Å²) < 4.78 is 39.8. The summed E-state index contributed by atoms with van der Waals surface area (Å²) in [5.74, 6) is -1.14. The van der Waals surface area contributed by atoms with Crippen LogP contribution in [-0.4, -0.2) is 21.2 Å². The number of anilines is 1. The van der Waals surface area contributed by atoms with Gasteiger partial charge in [-0.3, -0.25) is 9.59 Å². The van der Waals surface area contributed by atoms with Crippen molar-refractivity contribution >= 4 is 45.4 Å². The molecule has 6 nitrogen and oxygen atoms in total. The summed E-state index contributed by atoms with van der Waals surface area (Å²) in [6.45, 7) is 3.52. The first kappa shape index (κ1) is 20.2. The van der Waals surface area contributed by atoms with Gasteiger partial charge in [-0.05, 0) is 25.5 Å². The van der Waals surface area contributed by atoms with E-state index in [1.807, 2.05) is 0 Å². The Kier molecular flexibility index (Phi) is 5.11. The standard InChI is InChI=1S/C17H14ClF3N4O2S/c1-7-8(2)28-16(13(7)14(22)27)24-12(26)4-10-6-25-5-9(17(19,20)21)3-11(18)15(25)23-10/h3,5-6H,4H2,1-2H3,(H2,22,27)(H,24,26). The molecule has 0 saturated heterocycles. The highest BCUT2D eigenvalue weighted by Gasteiger charge is 2.32. The number of nitrogens with one attached hydrogen (secondary N) is 1. The van der Waals surface area contributed by atoms with E-state index >= 15 is 0 Å². The van der Waals surface area contributed by atoms with Gasteiger partial charge in [0.1, 0.15) is 5.00 Å². The number of primary amides is 1. The Hall–Kier alpha value is -2.59. The molecular formula is C17H14ClF3N4O2S. The Morgan fingerprint density at radius 1 is 1.32 bits per heavy atom. The average Bonchev–Trinajstić information content (AvgIpc) is 3.07. The molecule has 3 aromatic rings. The molecule has 0 radical (unpaired) electrons. The molecule has 3 rings (SSSR count). The molecule has 0 spiro atoms. The predicted molar refractivity (Wildman–Crippen MR) is 99.8 cm³/mol. The van der Waals surface area contributed by atoms with E-state index in [0.717, 1.165) is 21.5 Å². The van der Waals surface area contributed by atoms with E-state index < -0.39 is 23.6 Å². The molecule has 0 unspecified atom stereocenters. The van der Waals surface area contributed by atoms with Gasteiger partial charge in [-0.25, -0.2) is 4.98 Å². The van der Waals surface area contributed by atoms with E-state index in [2.05, 4.69) is 10.3 Å². The second-order valence-corrected chi connectivity index (χ2v) is 7.75. The Morgan fingerprint density at radius 2 is 2.00 bits per heavy atom. The van der Waals surface area contributed by atoms with Crippen LogP contribution in [0.5, 0.6) is 0 Å². The van der Waals surface area contributed by atoms with E-state index in [-0.39, 0.29) is 28.3 Å². The zero-order valence-electron chi connectivity index (χ0n) is 14.6. The highest BCUT2D eigenvalue weighted by Crippen LogP contribution is 2.33. The highest BCUT2D eigenvalue weighted by molar-refractivity contribution is 7.16. The normalized spacial score (nSPS) is 11.8. The number of imidazole rings is 1. The van der Waals surface area contributed by atoms with Crippen LogP contribution in [0.3, 0.4) is 0 Å². The largest absolute Gasteiger partial charge is 0.417 e. The number of fused-ring (bicyclic) bond motifs is 1. The van der Waals surface area contributed by atoms with Crippen LogP contribution >= 0.6 is 22.9 Å². The number of rotatable bonds is 4. The van der Waals surface area contributed by atoms with Crippen LogP contribution in [-0.2, 0) is 17.4 Å². The number of nitrogens with two attached hydrogens (primary N) is 1. The van der Waals surface area contributed by atoms with Gasteiger partial charge in [-0.2, -0.15) is 13.2 Å². The summed E-state index contributed by atoms with van der Waals surface area (Å²) in [7, 11) is 0. The van der Waals surface area contributed by atoms with Gasteiger partial charge in [0.25, 0.3) is 5.91 Å². The molecule has 11 heteroatoms. The third-order valence-corrected chi connectivity index (χ3v) is 5.51. The predicted octanol–water partition coefficient (Wildman–Crippen LogP) is 3.96. The van der Waals surface area contributed by atoms with Crippen molar-refractivity contribution in [3.05, 3.63) is 50.7 Å². The quantitative estimate of drug-likeness (QED) is 0.656. The molecule has 0 aliphatic heterocycles. The molecule has 2 amide bonds. The number of carbonyl (C=O) groups is 2. The van der Waals surface area contributed by atoms with Gasteiger partial charge in [0.15, 0.2) is 5.65 Å². The maximum Gasteiger partial charge on any atom is 0.417 e. The van der Waals surface area contributed by atoms with Gasteiger partial charge >= 0.3 is 6.18 Å². The molecule has 0 aliphatic carbocycles. The maximum absolute atomic E-state index is 12.9. The SMILES string of the molecule is Cc1sc(NC(=O)Cc2cn3cc(C(F)(F)F)cc(Cl)c3n2)c(C(N)=O)c1C. The monoisotopic (exact) mass is 430 g/mol. The lowest BCUT2D eigenvalue weighted by Gasteiger charge is -2.07. The topological polar surface area (TPSA) is 89.5 Å². The summed E-state index contributed by atoms with van der Waals surface area (Å²) in [6.07, 6.45) is -2.62. The summed E-state index contributed by atoms with van der Waals surface area (Å²) in [5, 5.41) is 2.76. The molecule has 0 atom stereocenters. The number of alkyl halides is 3. The van der Waals surface area contributed by atoms with Crippen LogP contribution in [0.25, 0.3) is 5.65 Å². The molecule has 3 heterocycles. The lowest BCUT2D eigenvalue weighted by molar-refractivity contribution is -0.137. The van der Waals surface area contributed by atoms with Crippen molar-refractivity contribution < 1.29 is 22.8 Å². The second-order valence-electron chi connectivity index (χ2n) is 6.11. The van der Waals surface area contributed by atoms with Crippen LogP contribution in [0, 0.1) is 13.8 Å². The zero-order chi connectivity index (χ0) is 20.8. The molecule has 0 saturated carbocycles. The van der Waals surface area contributed by atoms with E-state index in [1.165, 1.54) is 17.5 Å². The Labute approximate surface area is 166 Å². The Bertz CT molecular complexity index is 1100. The maximum atomic E-state index is 12.9. The number of aryl methyl sites for hydroxylation is 1. The fourth-order valence-corrected chi connectivity index (χ4v) is 4.03. The van der Waals surface area contributed by atoms with Crippen LogP contribution in [0.1, 0.15) is 32.1 Å². The molecule has 0 aliphatic rings. The molecule has 28 heavy (non-hydrogen) atoms. The molecular weight excluding hydrogens is 417 g/mol. The fourth-order valence-electron chi connectivity index (χ4n) is 2.69. The number of thiophene rings is 1. The van der Waals surface area contributed by atoms with Gasteiger partial charge < -0.3 is 15.5 Å². The smallest absolute Gasteiger partial charge is 0.365 e. The van der Waals surface area contributed by atoms with Crippen LogP contribution in [0.2, 0.25) is 5.02 Å². The van der Waals surface area contributed by atoms with Gasteiger partial charge in [0.05, 0.1) is 28.3 Å². The van der Waals surface area contributed by atoms with Crippen molar-refractivity contribution in [3.8, 4) is 0 Å². The number of hydrogen-bond donors (Lipinski definition) is 2. The highest BCUT2D eigenvalue weighted by atomic mass is 35.5. The summed E-state index contributed by atoms with van der Waals surface area (Å²) in [5.41, 5.74) is 5.71. The van der Waals surface area contributed by atoms with E-state index in [9.17, 15) is 22.8 Å². The number of pyridine rings is 1. The van der Waals surface area contributed by atoms with Gasteiger partial charge in [0, 0.05) is 17.3 Å². The van der Waals surface area contributed by atoms with Gasteiger partial charge in [0.2, 0.25) is 5.91 Å². The molecule has 0 bridgehead atoms. The molecule has 3 N–H and O–H groups in total.